The molecule has 1 fully saturated rings. The lowest BCUT2D eigenvalue weighted by atomic mass is 9.97. The Morgan fingerprint density at radius 1 is 1.10 bits per heavy atom. The third kappa shape index (κ3) is 4.98. The Balaban J connectivity index is 1.42. The molecule has 6 nitrogen and oxygen atoms in total. The summed E-state index contributed by atoms with van der Waals surface area (Å²) in [5.74, 6) is -0.0513. The van der Waals surface area contributed by atoms with Crippen molar-refractivity contribution < 1.29 is 14.7 Å². The molecule has 3 aromatic rings. The summed E-state index contributed by atoms with van der Waals surface area (Å²) in [6.45, 7) is 1.46. The summed E-state index contributed by atoms with van der Waals surface area (Å²) >= 11 is 0. The first kappa shape index (κ1) is 20.8. The molecule has 1 aliphatic rings. The van der Waals surface area contributed by atoms with E-state index in [1.165, 1.54) is 6.08 Å². The molecule has 0 spiro atoms. The van der Waals surface area contributed by atoms with Crippen molar-refractivity contribution in [1.82, 2.24) is 9.88 Å². The van der Waals surface area contributed by atoms with E-state index >= 15 is 0 Å². The van der Waals surface area contributed by atoms with Gasteiger partial charge in [0, 0.05) is 54.2 Å². The summed E-state index contributed by atoms with van der Waals surface area (Å²) in [6, 6.07) is 16.7. The second-order valence-corrected chi connectivity index (χ2v) is 7.74. The monoisotopic (exact) mass is 415 g/mol. The van der Waals surface area contributed by atoms with Crippen LogP contribution in [-0.2, 0) is 4.79 Å². The lowest BCUT2D eigenvalue weighted by molar-refractivity contribution is -0.111. The van der Waals surface area contributed by atoms with Crippen LogP contribution in [-0.4, -0.2) is 46.5 Å². The van der Waals surface area contributed by atoms with E-state index < -0.39 is 0 Å². The summed E-state index contributed by atoms with van der Waals surface area (Å²) in [5, 5.41) is 13.1. The SMILES string of the molecule is O=C(/C=C/c1cccc2cccnc12)Nc1cccc(C(=O)N2CCC(CO)CC2)c1. The first-order valence-electron chi connectivity index (χ1n) is 10.5. The molecule has 0 saturated carbocycles. The molecule has 31 heavy (non-hydrogen) atoms. The Bertz CT molecular complexity index is 1110. The van der Waals surface area contributed by atoms with Crippen LogP contribution in [0.2, 0.25) is 0 Å². The van der Waals surface area contributed by atoms with Gasteiger partial charge >= 0.3 is 0 Å². The number of likely N-dealkylation sites (tertiary alicyclic amines) is 1. The number of aliphatic hydroxyl groups is 1. The molecule has 0 unspecified atom stereocenters. The van der Waals surface area contributed by atoms with Crippen molar-refractivity contribution in [3.05, 3.63) is 78.0 Å². The molecule has 1 aromatic heterocycles. The predicted molar refractivity (Wildman–Crippen MR) is 122 cm³/mol. The summed E-state index contributed by atoms with van der Waals surface area (Å²) in [6.07, 6.45) is 6.57. The van der Waals surface area contributed by atoms with Gasteiger partial charge in [-0.05, 0) is 49.1 Å². The average molecular weight is 415 g/mol. The van der Waals surface area contributed by atoms with E-state index in [-0.39, 0.29) is 24.3 Å². The lowest BCUT2D eigenvalue weighted by Crippen LogP contribution is -2.39. The molecule has 2 amide bonds. The minimum absolute atomic E-state index is 0.0511. The number of carbonyl (C=O) groups is 2. The van der Waals surface area contributed by atoms with Crippen LogP contribution in [0.25, 0.3) is 17.0 Å². The number of para-hydroxylation sites is 1. The number of anilines is 1. The van der Waals surface area contributed by atoms with E-state index in [9.17, 15) is 14.7 Å². The van der Waals surface area contributed by atoms with Crippen LogP contribution >= 0.6 is 0 Å². The zero-order valence-electron chi connectivity index (χ0n) is 17.2. The highest BCUT2D eigenvalue weighted by molar-refractivity contribution is 6.04. The number of hydrogen-bond acceptors (Lipinski definition) is 4. The number of aromatic nitrogens is 1. The quantitative estimate of drug-likeness (QED) is 0.622. The number of nitrogens with one attached hydrogen (secondary N) is 1. The van der Waals surface area contributed by atoms with E-state index in [2.05, 4.69) is 10.3 Å². The molecule has 1 saturated heterocycles. The predicted octanol–water partition coefficient (Wildman–Crippen LogP) is 3.73. The van der Waals surface area contributed by atoms with Crippen molar-refractivity contribution in [1.29, 1.82) is 0 Å². The maximum Gasteiger partial charge on any atom is 0.253 e. The van der Waals surface area contributed by atoms with Crippen molar-refractivity contribution >= 4 is 34.5 Å². The van der Waals surface area contributed by atoms with Gasteiger partial charge in [-0.3, -0.25) is 14.6 Å². The number of benzene rings is 2. The van der Waals surface area contributed by atoms with Crippen LogP contribution in [0.15, 0.2) is 66.9 Å². The van der Waals surface area contributed by atoms with Gasteiger partial charge in [-0.1, -0.05) is 30.3 Å². The fourth-order valence-corrected chi connectivity index (χ4v) is 3.84. The van der Waals surface area contributed by atoms with Crippen LogP contribution in [0.3, 0.4) is 0 Å². The summed E-state index contributed by atoms with van der Waals surface area (Å²) in [5.41, 5.74) is 2.82. The maximum atomic E-state index is 12.8. The van der Waals surface area contributed by atoms with Crippen LogP contribution in [0.5, 0.6) is 0 Å². The Kier molecular flexibility index (Phi) is 6.38. The molecular weight excluding hydrogens is 390 g/mol. The maximum absolute atomic E-state index is 12.8. The zero-order valence-corrected chi connectivity index (χ0v) is 17.2. The number of rotatable bonds is 5. The topological polar surface area (TPSA) is 82.5 Å². The molecule has 0 atom stereocenters. The van der Waals surface area contributed by atoms with Crippen LogP contribution in [0.1, 0.15) is 28.8 Å². The Morgan fingerprint density at radius 3 is 2.68 bits per heavy atom. The van der Waals surface area contributed by atoms with E-state index in [1.807, 2.05) is 30.3 Å². The molecule has 6 heteroatoms. The first-order valence-corrected chi connectivity index (χ1v) is 10.5. The first-order chi connectivity index (χ1) is 15.1. The largest absolute Gasteiger partial charge is 0.396 e. The van der Waals surface area contributed by atoms with E-state index in [4.69, 9.17) is 0 Å². The van der Waals surface area contributed by atoms with Gasteiger partial charge in [-0.25, -0.2) is 0 Å². The highest BCUT2D eigenvalue weighted by atomic mass is 16.3. The van der Waals surface area contributed by atoms with E-state index in [1.54, 1.807) is 41.4 Å². The van der Waals surface area contributed by atoms with Crippen molar-refractivity contribution in [2.45, 2.75) is 12.8 Å². The average Bonchev–Trinajstić information content (AvgIpc) is 2.82. The van der Waals surface area contributed by atoms with Gasteiger partial charge in [0.1, 0.15) is 0 Å². The number of piperidine rings is 1. The van der Waals surface area contributed by atoms with Crippen LogP contribution in [0.4, 0.5) is 5.69 Å². The van der Waals surface area contributed by atoms with E-state index in [0.717, 1.165) is 29.3 Å². The van der Waals surface area contributed by atoms with Crippen LogP contribution in [0, 0.1) is 5.92 Å². The molecule has 4 rings (SSSR count). The minimum Gasteiger partial charge on any atom is -0.396 e. The molecule has 2 heterocycles. The van der Waals surface area contributed by atoms with Crippen molar-refractivity contribution in [2.75, 3.05) is 25.0 Å². The molecule has 0 bridgehead atoms. The normalized spacial score (nSPS) is 14.8. The minimum atomic E-state index is -0.277. The Labute approximate surface area is 181 Å². The molecule has 1 aliphatic heterocycles. The molecule has 2 N–H and O–H groups in total. The van der Waals surface area contributed by atoms with Crippen LogP contribution < -0.4 is 5.32 Å². The fraction of sp³-hybridized carbons (Fsp3) is 0.240. The summed E-state index contributed by atoms with van der Waals surface area (Å²) in [4.78, 5) is 31.4. The molecule has 2 aromatic carbocycles. The Morgan fingerprint density at radius 2 is 1.87 bits per heavy atom. The van der Waals surface area contributed by atoms with Gasteiger partial charge in [0.25, 0.3) is 5.91 Å². The van der Waals surface area contributed by atoms with Gasteiger partial charge < -0.3 is 15.3 Å². The number of aliphatic hydroxyl groups excluding tert-OH is 1. The van der Waals surface area contributed by atoms with Crippen molar-refractivity contribution in [3.63, 3.8) is 0 Å². The summed E-state index contributed by atoms with van der Waals surface area (Å²) in [7, 11) is 0. The smallest absolute Gasteiger partial charge is 0.253 e. The van der Waals surface area contributed by atoms with E-state index in [0.29, 0.717) is 24.3 Å². The summed E-state index contributed by atoms with van der Waals surface area (Å²) < 4.78 is 0. The van der Waals surface area contributed by atoms with Crippen molar-refractivity contribution in [2.24, 2.45) is 5.92 Å². The second kappa shape index (κ2) is 9.53. The number of fused-ring (bicyclic) bond motifs is 1. The highest BCUT2D eigenvalue weighted by Gasteiger charge is 2.23. The van der Waals surface area contributed by atoms with Gasteiger partial charge in [0.05, 0.1) is 5.52 Å². The lowest BCUT2D eigenvalue weighted by Gasteiger charge is -2.31. The number of pyridine rings is 1. The molecule has 158 valence electrons. The third-order valence-electron chi connectivity index (χ3n) is 5.62. The third-order valence-corrected chi connectivity index (χ3v) is 5.62. The van der Waals surface area contributed by atoms with Gasteiger partial charge in [0.2, 0.25) is 5.91 Å². The molecule has 0 aliphatic carbocycles. The van der Waals surface area contributed by atoms with Gasteiger partial charge in [0.15, 0.2) is 0 Å². The molecule has 0 radical (unpaired) electrons. The zero-order chi connectivity index (χ0) is 21.6. The standard InChI is InChI=1S/C25H25N3O3/c29-17-18-11-14-28(15-12-18)25(31)21-6-2-8-22(16-21)27-23(30)10-9-20-5-1-4-19-7-3-13-26-24(19)20/h1-10,13,16,18,29H,11-12,14-15,17H2,(H,27,30)/b10-9+. The number of carbonyl (C=O) groups excluding carboxylic acids is 2. The van der Waals surface area contributed by atoms with Gasteiger partial charge in [-0.2, -0.15) is 0 Å². The molecular formula is C25H25N3O3. The highest BCUT2D eigenvalue weighted by Crippen LogP contribution is 2.20. The second-order valence-electron chi connectivity index (χ2n) is 7.74. The fourth-order valence-electron chi connectivity index (χ4n) is 3.84. The van der Waals surface area contributed by atoms with Crippen molar-refractivity contribution in [3.8, 4) is 0 Å². The van der Waals surface area contributed by atoms with Gasteiger partial charge in [-0.15, -0.1) is 0 Å². The number of nitrogens with zero attached hydrogens (tertiary/aromatic N) is 2. The number of amides is 2. The number of hydrogen-bond donors (Lipinski definition) is 2. The Hall–Kier alpha value is -3.51.